The minimum absolute atomic E-state index is 0.140. The molecule has 7 nitrogen and oxygen atoms in total. The van der Waals surface area contributed by atoms with Gasteiger partial charge in [-0.25, -0.2) is 0 Å². The van der Waals surface area contributed by atoms with Gasteiger partial charge in [0, 0.05) is 29.4 Å². The van der Waals surface area contributed by atoms with Crippen molar-refractivity contribution in [1.29, 1.82) is 0 Å². The number of aromatic nitrogens is 2. The largest absolute Gasteiger partial charge is 0.468 e. The average molecular weight is 370 g/mol. The number of hydrogen-bond acceptors (Lipinski definition) is 6. The van der Waals surface area contributed by atoms with Crippen molar-refractivity contribution in [2.24, 2.45) is 0 Å². The van der Waals surface area contributed by atoms with Gasteiger partial charge in [-0.05, 0) is 45.9 Å². The van der Waals surface area contributed by atoms with Gasteiger partial charge in [0.2, 0.25) is 5.88 Å². The van der Waals surface area contributed by atoms with Crippen LogP contribution >= 0.6 is 0 Å². The molecule has 2 heterocycles. The number of aldehydes is 2. The normalized spacial score (nSPS) is 19.4. The Morgan fingerprint density at radius 2 is 2.22 bits per heavy atom. The summed E-state index contributed by atoms with van der Waals surface area (Å²) < 4.78 is 5.20. The minimum atomic E-state index is -0.140. The van der Waals surface area contributed by atoms with E-state index in [2.05, 4.69) is 41.1 Å². The molecule has 1 unspecified atom stereocenters. The van der Waals surface area contributed by atoms with Crippen LogP contribution in [0, 0.1) is 0 Å². The molecule has 0 bridgehead atoms. The molecule has 0 radical (unpaired) electrons. The number of benzene rings is 1. The van der Waals surface area contributed by atoms with Crippen molar-refractivity contribution in [1.82, 2.24) is 14.9 Å². The Hall–Kier alpha value is -2.67. The number of H-pyrrole nitrogens is 1. The molecule has 0 aliphatic carbocycles. The third-order valence-corrected chi connectivity index (χ3v) is 5.20. The van der Waals surface area contributed by atoms with Crippen molar-refractivity contribution in [2.45, 2.75) is 38.3 Å². The minimum Gasteiger partial charge on any atom is -0.468 e. The van der Waals surface area contributed by atoms with E-state index in [0.717, 1.165) is 30.6 Å². The lowest BCUT2D eigenvalue weighted by Crippen LogP contribution is -2.50. The number of nitrogens with zero attached hydrogens (tertiary/aromatic N) is 2. The van der Waals surface area contributed by atoms with Gasteiger partial charge in [0.25, 0.3) is 0 Å². The number of likely N-dealkylation sites (tertiary alicyclic amines) is 1. The highest BCUT2D eigenvalue weighted by molar-refractivity contribution is 5.78. The van der Waals surface area contributed by atoms with Crippen LogP contribution in [0.4, 0.5) is 5.69 Å². The van der Waals surface area contributed by atoms with Gasteiger partial charge in [0.05, 0.1) is 0 Å². The molecule has 3 rings (SSSR count). The van der Waals surface area contributed by atoms with Crippen molar-refractivity contribution in [3.8, 4) is 17.3 Å². The van der Waals surface area contributed by atoms with E-state index in [0.29, 0.717) is 24.4 Å². The van der Waals surface area contributed by atoms with E-state index in [4.69, 9.17) is 4.74 Å². The van der Waals surface area contributed by atoms with Gasteiger partial charge >= 0.3 is 0 Å². The van der Waals surface area contributed by atoms with E-state index in [-0.39, 0.29) is 23.7 Å². The number of imidazole rings is 1. The van der Waals surface area contributed by atoms with Gasteiger partial charge in [0.15, 0.2) is 12.6 Å². The summed E-state index contributed by atoms with van der Waals surface area (Å²) in [4.78, 5) is 31.3. The second-order valence-corrected chi connectivity index (χ2v) is 7.55. The van der Waals surface area contributed by atoms with E-state index in [1.807, 2.05) is 24.3 Å². The third-order valence-electron chi connectivity index (χ3n) is 5.20. The Labute approximate surface area is 159 Å². The highest BCUT2D eigenvalue weighted by Gasteiger charge is 2.32. The molecule has 27 heavy (non-hydrogen) atoms. The van der Waals surface area contributed by atoms with E-state index < -0.39 is 0 Å². The van der Waals surface area contributed by atoms with Crippen LogP contribution < -0.4 is 10.1 Å². The van der Waals surface area contributed by atoms with Crippen LogP contribution in [0.5, 0.6) is 5.88 Å². The molecular weight excluding hydrogens is 344 g/mol. The van der Waals surface area contributed by atoms with Crippen LogP contribution in [0.2, 0.25) is 0 Å². The standard InChI is InChI=1S/C20H26N4O3/c1-20(2)12-16(7-8-24(20)3)21-15-6-4-5-14(11-15)18-22-17(13-26)19(23-18)27-10-9-25/h4-6,9,11,13,16,21H,7-8,10,12H2,1-3H3,(H,22,23). The molecule has 0 amide bonds. The predicted octanol–water partition coefficient (Wildman–Crippen LogP) is 2.75. The number of carbonyl (C=O) groups is 2. The summed E-state index contributed by atoms with van der Waals surface area (Å²) >= 11 is 0. The number of ether oxygens (including phenoxy) is 1. The first-order valence-electron chi connectivity index (χ1n) is 9.13. The van der Waals surface area contributed by atoms with Gasteiger partial charge in [-0.15, -0.1) is 0 Å². The zero-order chi connectivity index (χ0) is 19.4. The summed E-state index contributed by atoms with van der Waals surface area (Å²) in [7, 11) is 2.17. The molecule has 1 saturated heterocycles. The summed E-state index contributed by atoms with van der Waals surface area (Å²) in [5.74, 6) is 0.674. The summed E-state index contributed by atoms with van der Waals surface area (Å²) in [6, 6.07) is 8.30. The Morgan fingerprint density at radius 1 is 1.41 bits per heavy atom. The lowest BCUT2D eigenvalue weighted by molar-refractivity contribution is -0.109. The van der Waals surface area contributed by atoms with Crippen LogP contribution in [-0.2, 0) is 4.79 Å². The molecule has 1 aromatic heterocycles. The second kappa shape index (κ2) is 7.92. The summed E-state index contributed by atoms with van der Waals surface area (Å²) in [6.45, 7) is 5.45. The van der Waals surface area contributed by atoms with Crippen molar-refractivity contribution in [2.75, 3.05) is 25.5 Å². The Balaban J connectivity index is 1.77. The number of piperidine rings is 1. The third kappa shape index (κ3) is 4.36. The maximum atomic E-state index is 11.2. The number of nitrogens with one attached hydrogen (secondary N) is 2. The molecule has 1 atom stereocenters. The van der Waals surface area contributed by atoms with Gasteiger partial charge in [-0.1, -0.05) is 12.1 Å². The number of anilines is 1. The molecule has 144 valence electrons. The number of hydrogen-bond donors (Lipinski definition) is 2. The average Bonchev–Trinajstić information content (AvgIpc) is 3.06. The molecule has 1 aliphatic rings. The zero-order valence-corrected chi connectivity index (χ0v) is 16.0. The Bertz CT molecular complexity index is 815. The van der Waals surface area contributed by atoms with Crippen LogP contribution in [0.1, 0.15) is 37.2 Å². The molecule has 0 spiro atoms. The van der Waals surface area contributed by atoms with Crippen molar-refractivity contribution in [3.05, 3.63) is 30.0 Å². The first kappa shape index (κ1) is 19.1. The maximum absolute atomic E-state index is 11.2. The van der Waals surface area contributed by atoms with Gasteiger partial charge in [0.1, 0.15) is 18.1 Å². The molecular formula is C20H26N4O3. The van der Waals surface area contributed by atoms with Crippen molar-refractivity contribution < 1.29 is 14.3 Å². The quantitative estimate of drug-likeness (QED) is 0.729. The van der Waals surface area contributed by atoms with Gasteiger partial charge in [-0.3, -0.25) is 9.59 Å². The monoisotopic (exact) mass is 370 g/mol. The first-order valence-corrected chi connectivity index (χ1v) is 9.13. The highest BCUT2D eigenvalue weighted by Crippen LogP contribution is 2.29. The number of carbonyl (C=O) groups excluding carboxylic acids is 2. The molecule has 7 heteroatoms. The maximum Gasteiger partial charge on any atom is 0.243 e. The Kier molecular flexibility index (Phi) is 5.60. The zero-order valence-electron chi connectivity index (χ0n) is 16.0. The van der Waals surface area contributed by atoms with E-state index in [1.165, 1.54) is 0 Å². The lowest BCUT2D eigenvalue weighted by Gasteiger charge is -2.44. The SMILES string of the molecule is CN1CCC(Nc2cccc(-c3nc(OCC=O)c(C=O)[nH]3)c2)CC1(C)C. The highest BCUT2D eigenvalue weighted by atomic mass is 16.5. The fraction of sp³-hybridized carbons (Fsp3) is 0.450. The summed E-state index contributed by atoms with van der Waals surface area (Å²) in [5.41, 5.74) is 2.24. The van der Waals surface area contributed by atoms with E-state index >= 15 is 0 Å². The topological polar surface area (TPSA) is 87.3 Å². The smallest absolute Gasteiger partial charge is 0.243 e. The number of aromatic amines is 1. The Morgan fingerprint density at radius 3 is 2.93 bits per heavy atom. The van der Waals surface area contributed by atoms with Crippen LogP contribution in [-0.4, -0.2) is 59.2 Å². The fourth-order valence-corrected chi connectivity index (χ4v) is 3.44. The molecule has 2 aromatic rings. The molecule has 2 N–H and O–H groups in total. The van der Waals surface area contributed by atoms with Crippen molar-refractivity contribution >= 4 is 18.3 Å². The molecule has 1 fully saturated rings. The first-order chi connectivity index (χ1) is 12.9. The fourth-order valence-electron chi connectivity index (χ4n) is 3.44. The van der Waals surface area contributed by atoms with Crippen LogP contribution in [0.25, 0.3) is 11.4 Å². The summed E-state index contributed by atoms with van der Waals surface area (Å²) in [6.07, 6.45) is 3.41. The van der Waals surface area contributed by atoms with E-state index in [1.54, 1.807) is 0 Å². The summed E-state index contributed by atoms with van der Waals surface area (Å²) in [5, 5.41) is 3.62. The molecule has 1 aromatic carbocycles. The van der Waals surface area contributed by atoms with Gasteiger partial charge in [-0.2, -0.15) is 4.98 Å². The lowest BCUT2D eigenvalue weighted by atomic mass is 9.87. The predicted molar refractivity (Wildman–Crippen MR) is 104 cm³/mol. The molecule has 0 saturated carbocycles. The second-order valence-electron chi connectivity index (χ2n) is 7.55. The van der Waals surface area contributed by atoms with Crippen LogP contribution in [0.15, 0.2) is 24.3 Å². The van der Waals surface area contributed by atoms with Crippen LogP contribution in [0.3, 0.4) is 0 Å². The van der Waals surface area contributed by atoms with Crippen molar-refractivity contribution in [3.63, 3.8) is 0 Å². The van der Waals surface area contributed by atoms with E-state index in [9.17, 15) is 9.59 Å². The molecule has 1 aliphatic heterocycles. The van der Waals surface area contributed by atoms with Gasteiger partial charge < -0.3 is 19.9 Å². The number of rotatable bonds is 7.